The Morgan fingerprint density at radius 1 is 1.07 bits per heavy atom. The minimum absolute atomic E-state index is 0.00462. The van der Waals surface area contributed by atoms with Gasteiger partial charge in [0.2, 0.25) is 0 Å². The summed E-state index contributed by atoms with van der Waals surface area (Å²) in [6, 6.07) is 16.3. The number of carbonyl (C=O) groups is 1. The molecule has 0 heterocycles. The van der Waals surface area contributed by atoms with Crippen LogP contribution in [0.15, 0.2) is 70.5 Å². The second-order valence-electron chi connectivity index (χ2n) is 6.09. The summed E-state index contributed by atoms with van der Waals surface area (Å²) in [6.45, 7) is 0. The highest BCUT2D eigenvalue weighted by Gasteiger charge is 2.18. The molecule has 3 aromatic carbocycles. The van der Waals surface area contributed by atoms with Crippen LogP contribution in [0.2, 0.25) is 0 Å². The van der Waals surface area contributed by atoms with Gasteiger partial charge in [0.25, 0.3) is 11.6 Å². The topological polar surface area (TPSA) is 117 Å². The Morgan fingerprint density at radius 3 is 2.43 bits per heavy atom. The van der Waals surface area contributed by atoms with Gasteiger partial charge in [0.1, 0.15) is 11.5 Å². The number of methoxy groups -OCH3 is 2. The Morgan fingerprint density at radius 2 is 1.80 bits per heavy atom. The molecule has 8 nitrogen and oxygen atoms in total. The lowest BCUT2D eigenvalue weighted by atomic mass is 10.1. The summed E-state index contributed by atoms with van der Waals surface area (Å²) in [5.74, 6) is 0.625. The van der Waals surface area contributed by atoms with Crippen molar-refractivity contribution in [2.45, 2.75) is 9.79 Å². The number of amides is 1. The van der Waals surface area contributed by atoms with Crippen molar-refractivity contribution in [3.05, 3.63) is 76.3 Å². The van der Waals surface area contributed by atoms with Crippen molar-refractivity contribution in [2.75, 3.05) is 25.3 Å². The molecule has 0 radical (unpaired) electrons. The molecule has 0 aromatic heterocycles. The number of anilines is 2. The van der Waals surface area contributed by atoms with Crippen LogP contribution in [0.4, 0.5) is 17.1 Å². The molecule has 3 aromatic rings. The summed E-state index contributed by atoms with van der Waals surface area (Å²) < 4.78 is 10.5. The van der Waals surface area contributed by atoms with E-state index in [2.05, 4.69) is 5.32 Å². The van der Waals surface area contributed by atoms with E-state index in [1.165, 1.54) is 38.1 Å². The molecule has 9 heteroatoms. The molecule has 0 unspecified atom stereocenters. The number of non-ortho nitro benzene ring substituents is 1. The van der Waals surface area contributed by atoms with E-state index in [1.54, 1.807) is 48.5 Å². The smallest absolute Gasteiger partial charge is 0.269 e. The zero-order valence-electron chi connectivity index (χ0n) is 16.2. The zero-order chi connectivity index (χ0) is 21.7. The number of ether oxygens (including phenoxy) is 2. The fraction of sp³-hybridized carbons (Fsp3) is 0.0952. The minimum Gasteiger partial charge on any atom is -0.497 e. The average molecular weight is 425 g/mol. The third kappa shape index (κ3) is 4.64. The standard InChI is InChI=1S/C21H19N3O5S/c1-28-14-8-11-18(29-2)17(12-14)23-21(25)20-16(22)4-3-5-19(20)30-15-9-6-13(7-10-15)24(26)27/h3-12H,22H2,1-2H3,(H,23,25). The predicted octanol–water partition coefficient (Wildman–Crippen LogP) is 4.60. The molecule has 0 fully saturated rings. The lowest BCUT2D eigenvalue weighted by molar-refractivity contribution is -0.384. The van der Waals surface area contributed by atoms with Crippen LogP contribution in [0, 0.1) is 10.1 Å². The van der Waals surface area contributed by atoms with E-state index in [4.69, 9.17) is 15.2 Å². The first kappa shape index (κ1) is 21.0. The molecule has 0 aliphatic heterocycles. The van der Waals surface area contributed by atoms with Gasteiger partial charge in [-0.25, -0.2) is 0 Å². The lowest BCUT2D eigenvalue weighted by Gasteiger charge is -2.15. The van der Waals surface area contributed by atoms with Crippen molar-refractivity contribution in [3.8, 4) is 11.5 Å². The maximum absolute atomic E-state index is 13.1. The highest BCUT2D eigenvalue weighted by molar-refractivity contribution is 7.99. The van der Waals surface area contributed by atoms with Crippen molar-refractivity contribution < 1.29 is 19.2 Å². The van der Waals surface area contributed by atoms with Gasteiger partial charge in [-0.05, 0) is 36.4 Å². The molecule has 0 spiro atoms. The summed E-state index contributed by atoms with van der Waals surface area (Å²) in [7, 11) is 3.03. The van der Waals surface area contributed by atoms with Gasteiger partial charge in [0, 0.05) is 33.7 Å². The first-order valence-electron chi connectivity index (χ1n) is 8.77. The summed E-state index contributed by atoms with van der Waals surface area (Å²) >= 11 is 1.29. The number of benzene rings is 3. The fourth-order valence-corrected chi connectivity index (χ4v) is 3.72. The van der Waals surface area contributed by atoms with E-state index in [0.29, 0.717) is 33.3 Å². The number of nitro benzene ring substituents is 1. The first-order valence-corrected chi connectivity index (χ1v) is 9.58. The van der Waals surface area contributed by atoms with Crippen LogP contribution in [0.5, 0.6) is 11.5 Å². The third-order valence-corrected chi connectivity index (χ3v) is 5.28. The first-order chi connectivity index (χ1) is 14.4. The maximum Gasteiger partial charge on any atom is 0.269 e. The van der Waals surface area contributed by atoms with Crippen LogP contribution < -0.4 is 20.5 Å². The Labute approximate surface area is 177 Å². The maximum atomic E-state index is 13.1. The van der Waals surface area contributed by atoms with Crippen molar-refractivity contribution in [1.82, 2.24) is 0 Å². The quantitative estimate of drug-likeness (QED) is 0.323. The fourth-order valence-electron chi connectivity index (χ4n) is 2.74. The SMILES string of the molecule is COc1ccc(OC)c(NC(=O)c2c(N)cccc2Sc2ccc([N+](=O)[O-])cc2)c1. The Bertz CT molecular complexity index is 1090. The van der Waals surface area contributed by atoms with E-state index in [0.717, 1.165) is 4.90 Å². The molecule has 30 heavy (non-hydrogen) atoms. The number of hydrogen-bond donors (Lipinski definition) is 2. The van der Waals surface area contributed by atoms with Crippen LogP contribution in [0.3, 0.4) is 0 Å². The highest BCUT2D eigenvalue weighted by Crippen LogP contribution is 2.35. The van der Waals surface area contributed by atoms with Gasteiger partial charge in [-0.2, -0.15) is 0 Å². The van der Waals surface area contributed by atoms with Crippen molar-refractivity contribution in [2.24, 2.45) is 0 Å². The molecule has 3 N–H and O–H groups in total. The Hall–Kier alpha value is -3.72. The van der Waals surface area contributed by atoms with Gasteiger partial charge in [-0.3, -0.25) is 14.9 Å². The van der Waals surface area contributed by atoms with E-state index in [1.807, 2.05) is 0 Å². The number of rotatable bonds is 7. The van der Waals surface area contributed by atoms with Crippen molar-refractivity contribution in [3.63, 3.8) is 0 Å². The molecular formula is C21H19N3O5S. The third-order valence-electron chi connectivity index (χ3n) is 4.22. The summed E-state index contributed by atoms with van der Waals surface area (Å²) in [5, 5.41) is 13.7. The van der Waals surface area contributed by atoms with Crippen LogP contribution in [-0.2, 0) is 0 Å². The number of nitrogens with one attached hydrogen (secondary N) is 1. The Kier molecular flexibility index (Phi) is 6.43. The Balaban J connectivity index is 1.91. The molecule has 0 aliphatic rings. The van der Waals surface area contributed by atoms with Gasteiger partial charge in [-0.15, -0.1) is 0 Å². The van der Waals surface area contributed by atoms with Gasteiger partial charge in [-0.1, -0.05) is 17.8 Å². The average Bonchev–Trinajstić information content (AvgIpc) is 2.74. The van der Waals surface area contributed by atoms with Gasteiger partial charge < -0.3 is 20.5 Å². The molecule has 1 amide bonds. The normalized spacial score (nSPS) is 10.3. The molecule has 3 rings (SSSR count). The molecule has 0 saturated heterocycles. The lowest BCUT2D eigenvalue weighted by Crippen LogP contribution is -2.16. The van der Waals surface area contributed by atoms with Crippen molar-refractivity contribution in [1.29, 1.82) is 0 Å². The predicted molar refractivity (Wildman–Crippen MR) is 116 cm³/mol. The molecule has 0 aliphatic carbocycles. The zero-order valence-corrected chi connectivity index (χ0v) is 17.1. The van der Waals surface area contributed by atoms with E-state index in [-0.39, 0.29) is 5.69 Å². The largest absolute Gasteiger partial charge is 0.497 e. The number of carbonyl (C=O) groups excluding carboxylic acids is 1. The van der Waals surface area contributed by atoms with Crippen LogP contribution >= 0.6 is 11.8 Å². The van der Waals surface area contributed by atoms with E-state index >= 15 is 0 Å². The van der Waals surface area contributed by atoms with Crippen LogP contribution in [0.1, 0.15) is 10.4 Å². The van der Waals surface area contributed by atoms with Gasteiger partial charge >= 0.3 is 0 Å². The van der Waals surface area contributed by atoms with Crippen molar-refractivity contribution >= 4 is 34.7 Å². The van der Waals surface area contributed by atoms with Gasteiger partial charge in [0.15, 0.2) is 0 Å². The highest BCUT2D eigenvalue weighted by atomic mass is 32.2. The number of nitrogens with zero attached hydrogens (tertiary/aromatic N) is 1. The summed E-state index contributed by atoms with van der Waals surface area (Å²) in [6.07, 6.45) is 0. The molecular weight excluding hydrogens is 406 g/mol. The molecule has 0 saturated carbocycles. The minimum atomic E-state index is -0.463. The monoisotopic (exact) mass is 425 g/mol. The second kappa shape index (κ2) is 9.19. The van der Waals surface area contributed by atoms with E-state index in [9.17, 15) is 14.9 Å². The molecule has 0 bridgehead atoms. The van der Waals surface area contributed by atoms with Gasteiger partial charge in [0.05, 0.1) is 30.4 Å². The summed E-state index contributed by atoms with van der Waals surface area (Å²) in [5.41, 5.74) is 7.14. The molecule has 0 atom stereocenters. The number of nitrogens with two attached hydrogens (primary N) is 1. The van der Waals surface area contributed by atoms with E-state index < -0.39 is 10.8 Å². The van der Waals surface area contributed by atoms with Crippen LogP contribution in [0.25, 0.3) is 0 Å². The summed E-state index contributed by atoms with van der Waals surface area (Å²) in [4.78, 5) is 24.8. The van der Waals surface area contributed by atoms with Crippen LogP contribution in [-0.4, -0.2) is 25.1 Å². The molecule has 154 valence electrons. The second-order valence-corrected chi connectivity index (χ2v) is 7.21. The number of nitrogen functional groups attached to an aromatic ring is 1. The number of hydrogen-bond acceptors (Lipinski definition) is 7. The number of nitro groups is 1.